The summed E-state index contributed by atoms with van der Waals surface area (Å²) in [4.78, 5) is 14.0. The van der Waals surface area contributed by atoms with E-state index in [2.05, 4.69) is 10.3 Å². The zero-order valence-corrected chi connectivity index (χ0v) is 7.21. The zero-order chi connectivity index (χ0) is 10.6. The number of pyridine rings is 1. The number of carboxylic acid groups (broad SMARTS) is 1. The fourth-order valence-electron chi connectivity index (χ4n) is 0.897. The van der Waals surface area contributed by atoms with Gasteiger partial charge in [-0.2, -0.15) is 0 Å². The van der Waals surface area contributed by atoms with Gasteiger partial charge in [-0.25, -0.2) is 4.98 Å². The van der Waals surface area contributed by atoms with E-state index in [1.54, 1.807) is 12.1 Å². The van der Waals surface area contributed by atoms with Crippen molar-refractivity contribution in [3.63, 3.8) is 0 Å². The number of nitrogens with zero attached hydrogens (tertiary/aromatic N) is 1. The molecule has 0 atom stereocenters. The van der Waals surface area contributed by atoms with Crippen molar-refractivity contribution in [2.45, 2.75) is 12.3 Å². The van der Waals surface area contributed by atoms with E-state index in [0.717, 1.165) is 0 Å². The van der Waals surface area contributed by atoms with Gasteiger partial charge in [0.1, 0.15) is 12.2 Å². The van der Waals surface area contributed by atoms with Gasteiger partial charge in [-0.1, -0.05) is 6.07 Å². The van der Waals surface area contributed by atoms with Crippen LogP contribution in [0.5, 0.6) is 0 Å². The minimum atomic E-state index is -2.49. The smallest absolute Gasteiger partial charge is 0.310 e. The first-order valence-corrected chi connectivity index (χ1v) is 3.85. The van der Waals surface area contributed by atoms with Crippen LogP contribution in [0.1, 0.15) is 6.42 Å². The van der Waals surface area contributed by atoms with Crippen LogP contribution >= 0.6 is 0 Å². The van der Waals surface area contributed by atoms with Crippen LogP contribution in [0.15, 0.2) is 24.4 Å². The lowest BCUT2D eigenvalue weighted by molar-refractivity contribution is -0.167. The van der Waals surface area contributed by atoms with E-state index in [1.165, 1.54) is 12.3 Å². The second kappa shape index (κ2) is 4.03. The third-order valence-corrected chi connectivity index (χ3v) is 1.39. The Kier molecular flexibility index (Phi) is 3.00. The first-order valence-electron chi connectivity index (χ1n) is 3.85. The average molecular weight is 198 g/mol. The van der Waals surface area contributed by atoms with Crippen molar-refractivity contribution in [3.05, 3.63) is 24.4 Å². The number of aliphatic carboxylic acids is 1. The Morgan fingerprint density at radius 3 is 2.71 bits per heavy atom. The van der Waals surface area contributed by atoms with Crippen molar-refractivity contribution in [1.82, 2.24) is 4.98 Å². The molecule has 0 aromatic carbocycles. The van der Waals surface area contributed by atoms with Crippen molar-refractivity contribution < 1.29 is 20.1 Å². The highest BCUT2D eigenvalue weighted by Crippen LogP contribution is 2.10. The number of carboxylic acids is 1. The molecule has 0 aliphatic rings. The van der Waals surface area contributed by atoms with Crippen LogP contribution in [0.2, 0.25) is 0 Å². The Balaban J connectivity index is 2.63. The lowest BCUT2D eigenvalue weighted by Gasteiger charge is -2.21. The number of carbonyl (C=O) groups is 1. The first kappa shape index (κ1) is 10.4. The number of hydrogen-bond acceptors (Lipinski definition) is 5. The van der Waals surface area contributed by atoms with Gasteiger partial charge in [-0.05, 0) is 12.1 Å². The second-order valence-corrected chi connectivity index (χ2v) is 2.73. The number of aliphatic hydroxyl groups is 2. The Morgan fingerprint density at radius 2 is 2.21 bits per heavy atom. The Morgan fingerprint density at radius 1 is 1.50 bits per heavy atom. The SMILES string of the molecule is O=C(O)CC(O)(O)Nc1ccccn1. The molecule has 1 aromatic rings. The van der Waals surface area contributed by atoms with E-state index in [9.17, 15) is 4.79 Å². The summed E-state index contributed by atoms with van der Waals surface area (Å²) in [7, 11) is 0. The summed E-state index contributed by atoms with van der Waals surface area (Å²) >= 11 is 0. The molecule has 0 saturated carbocycles. The number of aromatic nitrogens is 1. The van der Waals surface area contributed by atoms with Crippen molar-refractivity contribution in [1.29, 1.82) is 0 Å². The fourth-order valence-corrected chi connectivity index (χ4v) is 0.897. The molecule has 0 saturated heterocycles. The topological polar surface area (TPSA) is 103 Å². The molecular formula is C8H10N2O4. The van der Waals surface area contributed by atoms with Crippen LogP contribution in [0.4, 0.5) is 5.82 Å². The van der Waals surface area contributed by atoms with Crippen LogP contribution in [0.25, 0.3) is 0 Å². The van der Waals surface area contributed by atoms with Gasteiger partial charge in [0.25, 0.3) is 5.91 Å². The average Bonchev–Trinajstić information content (AvgIpc) is 2.02. The number of anilines is 1. The molecule has 0 aliphatic heterocycles. The van der Waals surface area contributed by atoms with E-state index < -0.39 is 18.3 Å². The molecule has 1 heterocycles. The van der Waals surface area contributed by atoms with Crippen LogP contribution < -0.4 is 5.32 Å². The molecule has 4 N–H and O–H groups in total. The van der Waals surface area contributed by atoms with Crippen LogP contribution in [-0.2, 0) is 4.79 Å². The summed E-state index contributed by atoms with van der Waals surface area (Å²) < 4.78 is 0. The highest BCUT2D eigenvalue weighted by molar-refractivity contribution is 5.68. The maximum atomic E-state index is 10.2. The van der Waals surface area contributed by atoms with Crippen molar-refractivity contribution in [2.75, 3.05) is 5.32 Å². The molecule has 1 rings (SSSR count). The standard InChI is InChI=1S/C8H10N2O4/c11-7(12)5-8(13,14)10-6-3-1-2-4-9-6/h1-4,13-14H,5H2,(H,9,10)(H,11,12). The normalized spacial score (nSPS) is 11.0. The summed E-state index contributed by atoms with van der Waals surface area (Å²) in [6, 6.07) is 4.77. The van der Waals surface area contributed by atoms with E-state index in [1.807, 2.05) is 0 Å². The van der Waals surface area contributed by atoms with E-state index >= 15 is 0 Å². The predicted octanol–water partition coefficient (Wildman–Crippen LogP) is -0.393. The van der Waals surface area contributed by atoms with Gasteiger partial charge in [-0.15, -0.1) is 0 Å². The highest BCUT2D eigenvalue weighted by atomic mass is 16.5. The number of nitrogens with one attached hydrogen (secondary N) is 1. The molecule has 0 unspecified atom stereocenters. The fraction of sp³-hybridized carbons (Fsp3) is 0.250. The molecule has 6 heteroatoms. The van der Waals surface area contributed by atoms with Crippen LogP contribution in [-0.4, -0.2) is 32.2 Å². The Labute approximate surface area is 79.8 Å². The molecule has 76 valence electrons. The molecule has 0 spiro atoms. The van der Waals surface area contributed by atoms with Gasteiger partial charge < -0.3 is 20.6 Å². The summed E-state index contributed by atoms with van der Waals surface area (Å²) in [5.74, 6) is -3.61. The summed E-state index contributed by atoms with van der Waals surface area (Å²) in [5.41, 5.74) is 0. The van der Waals surface area contributed by atoms with E-state index in [-0.39, 0.29) is 5.82 Å². The monoisotopic (exact) mass is 198 g/mol. The largest absolute Gasteiger partial charge is 0.481 e. The van der Waals surface area contributed by atoms with Crippen molar-refractivity contribution in [2.24, 2.45) is 0 Å². The third kappa shape index (κ3) is 3.38. The van der Waals surface area contributed by atoms with Crippen LogP contribution in [0, 0.1) is 0 Å². The van der Waals surface area contributed by atoms with Crippen molar-refractivity contribution in [3.8, 4) is 0 Å². The molecule has 14 heavy (non-hydrogen) atoms. The third-order valence-electron chi connectivity index (χ3n) is 1.39. The summed E-state index contributed by atoms with van der Waals surface area (Å²) in [6.07, 6.45) is 0.614. The van der Waals surface area contributed by atoms with Crippen molar-refractivity contribution >= 4 is 11.8 Å². The molecule has 0 aliphatic carbocycles. The molecular weight excluding hydrogens is 188 g/mol. The number of hydrogen-bond donors (Lipinski definition) is 4. The Hall–Kier alpha value is -1.66. The van der Waals surface area contributed by atoms with Gasteiger partial charge in [0.15, 0.2) is 0 Å². The maximum absolute atomic E-state index is 10.2. The maximum Gasteiger partial charge on any atom is 0.310 e. The lowest BCUT2D eigenvalue weighted by atomic mass is 10.3. The predicted molar refractivity (Wildman–Crippen MR) is 47.3 cm³/mol. The zero-order valence-electron chi connectivity index (χ0n) is 7.21. The number of rotatable bonds is 4. The first-order chi connectivity index (χ1) is 6.49. The lowest BCUT2D eigenvalue weighted by Crippen LogP contribution is -2.40. The Bertz CT molecular complexity index is 312. The molecule has 0 amide bonds. The molecule has 1 aromatic heterocycles. The van der Waals surface area contributed by atoms with Gasteiger partial charge >= 0.3 is 5.97 Å². The van der Waals surface area contributed by atoms with E-state index in [0.29, 0.717) is 0 Å². The minimum absolute atomic E-state index is 0.193. The van der Waals surface area contributed by atoms with E-state index in [4.69, 9.17) is 15.3 Å². The highest BCUT2D eigenvalue weighted by Gasteiger charge is 2.26. The second-order valence-electron chi connectivity index (χ2n) is 2.73. The van der Waals surface area contributed by atoms with Gasteiger partial charge in [-0.3, -0.25) is 4.79 Å². The summed E-state index contributed by atoms with van der Waals surface area (Å²) in [5, 5.41) is 28.8. The quantitative estimate of drug-likeness (QED) is 0.491. The van der Waals surface area contributed by atoms with Gasteiger partial charge in [0.05, 0.1) is 0 Å². The van der Waals surface area contributed by atoms with Crippen LogP contribution in [0.3, 0.4) is 0 Å². The minimum Gasteiger partial charge on any atom is -0.481 e. The molecule has 0 bridgehead atoms. The van der Waals surface area contributed by atoms with Gasteiger partial charge in [0, 0.05) is 6.20 Å². The molecule has 0 fully saturated rings. The van der Waals surface area contributed by atoms with Gasteiger partial charge in [0.2, 0.25) is 0 Å². The summed E-state index contributed by atoms with van der Waals surface area (Å²) in [6.45, 7) is 0. The molecule has 6 nitrogen and oxygen atoms in total. The molecule has 0 radical (unpaired) electrons.